The number of aliphatic imine (C=N–C) groups is 1. The van der Waals surface area contributed by atoms with Crippen molar-refractivity contribution >= 4 is 17.8 Å². The highest BCUT2D eigenvalue weighted by Gasteiger charge is 2.36. The number of carbonyl (C=O) groups is 1. The van der Waals surface area contributed by atoms with Gasteiger partial charge in [-0.3, -0.25) is 19.1 Å². The van der Waals surface area contributed by atoms with Crippen molar-refractivity contribution < 1.29 is 4.79 Å². The molecular weight excluding hydrogens is 376 g/mol. The number of nitrogens with zero attached hydrogens (tertiary/aromatic N) is 4. The zero-order valence-corrected chi connectivity index (χ0v) is 16.6. The van der Waals surface area contributed by atoms with Gasteiger partial charge in [0.05, 0.1) is 18.3 Å². The molecule has 150 valence electrons. The zero-order chi connectivity index (χ0) is 20.5. The van der Waals surface area contributed by atoms with Gasteiger partial charge < -0.3 is 4.90 Å². The van der Waals surface area contributed by atoms with E-state index in [-0.39, 0.29) is 17.5 Å². The number of carbonyl (C=O) groups excluding carboxylic acids is 1. The largest absolute Gasteiger partial charge is 0.328 e. The minimum atomic E-state index is -0.222. The van der Waals surface area contributed by atoms with E-state index < -0.39 is 0 Å². The Bertz CT molecular complexity index is 1170. The van der Waals surface area contributed by atoms with Crippen molar-refractivity contribution in [2.45, 2.75) is 38.4 Å². The third-order valence-electron chi connectivity index (χ3n) is 5.76. The number of benzene rings is 2. The molecule has 1 saturated heterocycles. The van der Waals surface area contributed by atoms with Gasteiger partial charge in [-0.2, -0.15) is 0 Å². The summed E-state index contributed by atoms with van der Waals surface area (Å²) in [6, 6.07) is 19.6. The molecule has 3 heterocycles. The summed E-state index contributed by atoms with van der Waals surface area (Å²) in [5.74, 6) is 0.760. The number of hydrogen-bond acceptors (Lipinski definition) is 4. The molecule has 1 atom stereocenters. The Morgan fingerprint density at radius 1 is 0.900 bits per heavy atom. The number of fused-ring (bicyclic) bond motifs is 1. The summed E-state index contributed by atoms with van der Waals surface area (Å²) in [5.41, 5.74) is 3.08. The molecule has 5 rings (SSSR count). The van der Waals surface area contributed by atoms with Crippen LogP contribution in [0.5, 0.6) is 0 Å². The maximum Gasteiger partial charge on any atom is 0.280 e. The van der Waals surface area contributed by atoms with Gasteiger partial charge >= 0.3 is 0 Å². The van der Waals surface area contributed by atoms with Gasteiger partial charge in [-0.15, -0.1) is 0 Å². The quantitative estimate of drug-likeness (QED) is 0.661. The van der Waals surface area contributed by atoms with Gasteiger partial charge in [-0.1, -0.05) is 60.7 Å². The molecule has 30 heavy (non-hydrogen) atoms. The molecule has 0 radical (unpaired) electrons. The Kier molecular flexibility index (Phi) is 4.75. The minimum Gasteiger partial charge on any atom is -0.328 e. The summed E-state index contributed by atoms with van der Waals surface area (Å²) in [6.07, 6.45) is 3.42. The van der Waals surface area contributed by atoms with Crippen LogP contribution >= 0.6 is 0 Å². The van der Waals surface area contributed by atoms with Crippen molar-refractivity contribution in [2.75, 3.05) is 0 Å². The molecule has 1 amide bonds. The van der Waals surface area contributed by atoms with Crippen molar-refractivity contribution in [1.82, 2.24) is 14.5 Å². The second kappa shape index (κ2) is 7.71. The van der Waals surface area contributed by atoms with Crippen LogP contribution in [-0.2, 0) is 24.3 Å². The fraction of sp³-hybridized carbons (Fsp3) is 0.250. The van der Waals surface area contributed by atoms with Gasteiger partial charge in [-0.05, 0) is 17.5 Å². The Morgan fingerprint density at radius 2 is 1.57 bits per heavy atom. The summed E-state index contributed by atoms with van der Waals surface area (Å²) in [7, 11) is 0. The SMILES string of the molecule is O=C1CCC(c2nc3c(c(=O)n2Cc2ccccc2)N=CC3)N1Cc1ccccc1. The van der Waals surface area contributed by atoms with E-state index in [1.165, 1.54) is 0 Å². The monoisotopic (exact) mass is 398 g/mol. The lowest BCUT2D eigenvalue weighted by Crippen LogP contribution is -2.34. The van der Waals surface area contributed by atoms with E-state index in [2.05, 4.69) is 4.99 Å². The Labute approximate surface area is 174 Å². The molecule has 3 aromatic rings. The first-order valence-electron chi connectivity index (χ1n) is 10.2. The standard InChI is InChI=1S/C24H22N4O2/c29-21-12-11-20(27(21)15-17-7-3-1-4-8-17)23-26-19-13-14-25-22(19)24(30)28(23)16-18-9-5-2-6-10-18/h1-10,14,20H,11-13,15-16H2. The van der Waals surface area contributed by atoms with Gasteiger partial charge in [0.2, 0.25) is 5.91 Å². The Balaban J connectivity index is 1.58. The molecule has 2 aliphatic heterocycles. The zero-order valence-electron chi connectivity index (χ0n) is 16.6. The summed E-state index contributed by atoms with van der Waals surface area (Å²) in [6.45, 7) is 0.924. The predicted molar refractivity (Wildman–Crippen MR) is 115 cm³/mol. The first kappa shape index (κ1) is 18.5. The van der Waals surface area contributed by atoms with Crippen molar-refractivity contribution in [3.05, 3.63) is 93.7 Å². The summed E-state index contributed by atoms with van der Waals surface area (Å²) in [5, 5.41) is 0. The molecule has 2 aliphatic rings. The highest BCUT2D eigenvalue weighted by molar-refractivity contribution is 5.79. The normalized spacial score (nSPS) is 17.5. The van der Waals surface area contributed by atoms with E-state index in [0.717, 1.165) is 11.1 Å². The average molecular weight is 398 g/mol. The molecule has 0 N–H and O–H groups in total. The Morgan fingerprint density at radius 3 is 2.27 bits per heavy atom. The summed E-state index contributed by atoms with van der Waals surface area (Å²) < 4.78 is 1.71. The summed E-state index contributed by atoms with van der Waals surface area (Å²) >= 11 is 0. The van der Waals surface area contributed by atoms with Crippen LogP contribution in [0.15, 0.2) is 70.5 Å². The van der Waals surface area contributed by atoms with Gasteiger partial charge in [0, 0.05) is 25.6 Å². The van der Waals surface area contributed by atoms with E-state index in [1.807, 2.05) is 65.6 Å². The molecule has 6 heteroatoms. The second-order valence-corrected chi connectivity index (χ2v) is 7.72. The predicted octanol–water partition coefficient (Wildman–Crippen LogP) is 3.41. The molecule has 1 unspecified atom stereocenters. The van der Waals surface area contributed by atoms with Gasteiger partial charge in [-0.25, -0.2) is 4.98 Å². The molecular formula is C24H22N4O2. The van der Waals surface area contributed by atoms with Gasteiger partial charge in [0.25, 0.3) is 5.56 Å². The van der Waals surface area contributed by atoms with E-state index in [0.29, 0.717) is 49.6 Å². The molecule has 1 fully saturated rings. The fourth-order valence-electron chi connectivity index (χ4n) is 4.26. The second-order valence-electron chi connectivity index (χ2n) is 7.72. The van der Waals surface area contributed by atoms with Crippen molar-refractivity contribution in [3.8, 4) is 0 Å². The van der Waals surface area contributed by atoms with Crippen LogP contribution < -0.4 is 5.56 Å². The lowest BCUT2D eigenvalue weighted by Gasteiger charge is -2.27. The van der Waals surface area contributed by atoms with Crippen LogP contribution in [0, 0.1) is 0 Å². The third-order valence-corrected chi connectivity index (χ3v) is 5.76. The highest BCUT2D eigenvalue weighted by atomic mass is 16.2. The molecule has 1 aromatic heterocycles. The van der Waals surface area contributed by atoms with Crippen molar-refractivity contribution in [2.24, 2.45) is 4.99 Å². The number of hydrogen-bond donors (Lipinski definition) is 0. The summed E-state index contributed by atoms with van der Waals surface area (Å²) in [4.78, 5) is 37.0. The fourth-order valence-corrected chi connectivity index (χ4v) is 4.26. The topological polar surface area (TPSA) is 67.6 Å². The van der Waals surface area contributed by atoms with Gasteiger partial charge in [0.15, 0.2) is 0 Å². The maximum atomic E-state index is 13.3. The molecule has 2 aromatic carbocycles. The average Bonchev–Trinajstić information content (AvgIpc) is 3.39. The van der Waals surface area contributed by atoms with E-state index in [4.69, 9.17) is 4.98 Å². The first-order chi connectivity index (χ1) is 14.7. The van der Waals surface area contributed by atoms with Crippen LogP contribution in [0.2, 0.25) is 0 Å². The lowest BCUT2D eigenvalue weighted by molar-refractivity contribution is -0.129. The number of rotatable bonds is 5. The van der Waals surface area contributed by atoms with Crippen LogP contribution in [0.1, 0.15) is 41.5 Å². The third kappa shape index (κ3) is 3.34. The smallest absolute Gasteiger partial charge is 0.280 e. The van der Waals surface area contributed by atoms with Gasteiger partial charge in [0.1, 0.15) is 11.5 Å². The highest BCUT2D eigenvalue weighted by Crippen LogP contribution is 2.34. The lowest BCUT2D eigenvalue weighted by atomic mass is 10.1. The Hall–Kier alpha value is -3.54. The molecule has 0 aliphatic carbocycles. The molecule has 6 nitrogen and oxygen atoms in total. The maximum absolute atomic E-state index is 13.3. The minimum absolute atomic E-state index is 0.0983. The van der Waals surface area contributed by atoms with Crippen LogP contribution in [-0.4, -0.2) is 26.6 Å². The van der Waals surface area contributed by atoms with E-state index in [9.17, 15) is 9.59 Å². The van der Waals surface area contributed by atoms with Crippen molar-refractivity contribution in [3.63, 3.8) is 0 Å². The number of amides is 1. The van der Waals surface area contributed by atoms with Crippen LogP contribution in [0.25, 0.3) is 0 Å². The molecule has 0 spiro atoms. The van der Waals surface area contributed by atoms with Crippen LogP contribution in [0.3, 0.4) is 0 Å². The van der Waals surface area contributed by atoms with Crippen LogP contribution in [0.4, 0.5) is 5.69 Å². The van der Waals surface area contributed by atoms with E-state index >= 15 is 0 Å². The first-order valence-corrected chi connectivity index (χ1v) is 10.2. The van der Waals surface area contributed by atoms with E-state index in [1.54, 1.807) is 10.8 Å². The number of likely N-dealkylation sites (tertiary alicyclic amines) is 1. The number of aromatic nitrogens is 2. The molecule has 0 bridgehead atoms. The van der Waals surface area contributed by atoms with Crippen molar-refractivity contribution in [1.29, 1.82) is 0 Å². The molecule has 0 saturated carbocycles.